The molecule has 1 heterocycles. The van der Waals surface area contributed by atoms with E-state index in [4.69, 9.17) is 25.8 Å². The van der Waals surface area contributed by atoms with Crippen molar-refractivity contribution in [2.45, 2.75) is 20.3 Å². The van der Waals surface area contributed by atoms with Gasteiger partial charge in [0.25, 0.3) is 0 Å². The van der Waals surface area contributed by atoms with Crippen LogP contribution in [-0.2, 0) is 16.0 Å². The average Bonchev–Trinajstić information content (AvgIpc) is 2.51. The summed E-state index contributed by atoms with van der Waals surface area (Å²) in [6.07, 6.45) is 0.285. The molecule has 1 aliphatic heterocycles. The van der Waals surface area contributed by atoms with Crippen LogP contribution in [0.5, 0.6) is 11.5 Å². The highest BCUT2D eigenvalue weighted by Crippen LogP contribution is 2.38. The maximum absolute atomic E-state index is 12.6. The summed E-state index contributed by atoms with van der Waals surface area (Å²) >= 11 is 6.23. The SMILES string of the molecule is COCCN(CC(C)C)C(=O)Cc1cc(Cl)c2c(c1)OCCO2. The van der Waals surface area contributed by atoms with Gasteiger partial charge in [-0.05, 0) is 23.6 Å². The first-order valence-corrected chi connectivity index (χ1v) is 8.23. The lowest BCUT2D eigenvalue weighted by Crippen LogP contribution is -2.37. The van der Waals surface area contributed by atoms with Gasteiger partial charge in [-0.1, -0.05) is 25.4 Å². The summed E-state index contributed by atoms with van der Waals surface area (Å²) in [6.45, 7) is 6.99. The van der Waals surface area contributed by atoms with Gasteiger partial charge in [0.2, 0.25) is 5.91 Å². The third kappa shape index (κ3) is 5.01. The van der Waals surface area contributed by atoms with E-state index in [1.54, 1.807) is 13.2 Å². The molecule has 1 aliphatic rings. The van der Waals surface area contributed by atoms with E-state index in [-0.39, 0.29) is 12.3 Å². The molecule has 23 heavy (non-hydrogen) atoms. The van der Waals surface area contributed by atoms with Gasteiger partial charge < -0.3 is 19.1 Å². The van der Waals surface area contributed by atoms with Crippen molar-refractivity contribution in [1.29, 1.82) is 0 Å². The van der Waals surface area contributed by atoms with Gasteiger partial charge in [0, 0.05) is 20.2 Å². The number of nitrogens with zero attached hydrogens (tertiary/aromatic N) is 1. The summed E-state index contributed by atoms with van der Waals surface area (Å²) in [5.41, 5.74) is 0.829. The van der Waals surface area contributed by atoms with E-state index in [0.717, 1.165) is 5.56 Å². The van der Waals surface area contributed by atoms with Gasteiger partial charge in [-0.2, -0.15) is 0 Å². The lowest BCUT2D eigenvalue weighted by molar-refractivity contribution is -0.131. The Labute approximate surface area is 142 Å². The van der Waals surface area contributed by atoms with E-state index >= 15 is 0 Å². The predicted molar refractivity (Wildman–Crippen MR) is 89.4 cm³/mol. The molecule has 0 spiro atoms. The topological polar surface area (TPSA) is 48.0 Å². The summed E-state index contributed by atoms with van der Waals surface area (Å²) in [4.78, 5) is 14.4. The molecule has 0 N–H and O–H groups in total. The molecule has 0 radical (unpaired) electrons. The first-order chi connectivity index (χ1) is 11.0. The number of fused-ring (bicyclic) bond motifs is 1. The Hall–Kier alpha value is -1.46. The van der Waals surface area contributed by atoms with E-state index < -0.39 is 0 Å². The highest BCUT2D eigenvalue weighted by molar-refractivity contribution is 6.32. The molecule has 0 aliphatic carbocycles. The maximum atomic E-state index is 12.6. The van der Waals surface area contributed by atoms with Crippen molar-refractivity contribution in [2.24, 2.45) is 5.92 Å². The second-order valence-corrected chi connectivity index (χ2v) is 6.41. The Kier molecular flexibility index (Phi) is 6.54. The van der Waals surface area contributed by atoms with Crippen molar-refractivity contribution < 1.29 is 19.0 Å². The summed E-state index contributed by atoms with van der Waals surface area (Å²) < 4.78 is 16.2. The molecular formula is C17H24ClNO4. The molecule has 1 aromatic carbocycles. The van der Waals surface area contributed by atoms with Crippen molar-refractivity contribution in [3.63, 3.8) is 0 Å². The normalized spacial score (nSPS) is 13.3. The molecule has 0 bridgehead atoms. The molecular weight excluding hydrogens is 318 g/mol. The van der Waals surface area contributed by atoms with Crippen LogP contribution in [0.4, 0.5) is 0 Å². The average molecular weight is 342 g/mol. The maximum Gasteiger partial charge on any atom is 0.227 e. The summed E-state index contributed by atoms with van der Waals surface area (Å²) in [6, 6.07) is 3.61. The van der Waals surface area contributed by atoms with Crippen LogP contribution in [0.15, 0.2) is 12.1 Å². The highest BCUT2D eigenvalue weighted by atomic mass is 35.5. The lowest BCUT2D eigenvalue weighted by atomic mass is 10.1. The fourth-order valence-corrected chi connectivity index (χ4v) is 2.80. The minimum Gasteiger partial charge on any atom is -0.486 e. The number of carbonyl (C=O) groups is 1. The molecule has 6 heteroatoms. The molecule has 0 fully saturated rings. The number of rotatable bonds is 7. The van der Waals surface area contributed by atoms with E-state index in [0.29, 0.717) is 55.3 Å². The van der Waals surface area contributed by atoms with Crippen molar-refractivity contribution in [2.75, 3.05) is 40.0 Å². The van der Waals surface area contributed by atoms with Crippen LogP contribution in [0, 0.1) is 5.92 Å². The van der Waals surface area contributed by atoms with Crippen molar-refractivity contribution in [3.8, 4) is 11.5 Å². The smallest absolute Gasteiger partial charge is 0.227 e. The van der Waals surface area contributed by atoms with Crippen LogP contribution in [0.3, 0.4) is 0 Å². The van der Waals surface area contributed by atoms with E-state index in [2.05, 4.69) is 13.8 Å². The summed E-state index contributed by atoms with van der Waals surface area (Å²) in [5, 5.41) is 0.484. The van der Waals surface area contributed by atoms with Gasteiger partial charge in [0.1, 0.15) is 13.2 Å². The zero-order chi connectivity index (χ0) is 16.8. The zero-order valence-electron chi connectivity index (χ0n) is 13.9. The Balaban J connectivity index is 2.09. The molecule has 0 saturated heterocycles. The van der Waals surface area contributed by atoms with Gasteiger partial charge >= 0.3 is 0 Å². The molecule has 128 valence electrons. The zero-order valence-corrected chi connectivity index (χ0v) is 14.7. The van der Waals surface area contributed by atoms with Gasteiger partial charge in [0.15, 0.2) is 11.5 Å². The minimum absolute atomic E-state index is 0.0588. The predicted octanol–water partition coefficient (Wildman–Crippen LogP) is 2.78. The number of methoxy groups -OCH3 is 1. The molecule has 0 aromatic heterocycles. The molecule has 0 atom stereocenters. The van der Waals surface area contributed by atoms with Crippen LogP contribution in [0.25, 0.3) is 0 Å². The standard InChI is InChI=1S/C17H24ClNO4/c1-12(2)11-19(4-5-21-3)16(20)10-13-8-14(18)17-15(9-13)22-6-7-23-17/h8-9,12H,4-7,10-11H2,1-3H3. The highest BCUT2D eigenvalue weighted by Gasteiger charge is 2.20. The van der Waals surface area contributed by atoms with E-state index in [1.807, 2.05) is 11.0 Å². The minimum atomic E-state index is 0.0588. The first-order valence-electron chi connectivity index (χ1n) is 7.86. The number of ether oxygens (including phenoxy) is 3. The fourth-order valence-electron chi connectivity index (χ4n) is 2.51. The number of hydrogen-bond acceptors (Lipinski definition) is 4. The third-order valence-electron chi connectivity index (χ3n) is 3.52. The van der Waals surface area contributed by atoms with Crippen LogP contribution < -0.4 is 9.47 Å². The fraction of sp³-hybridized carbons (Fsp3) is 0.588. The lowest BCUT2D eigenvalue weighted by Gasteiger charge is -2.25. The van der Waals surface area contributed by atoms with Gasteiger partial charge in [0.05, 0.1) is 18.1 Å². The summed E-state index contributed by atoms with van der Waals surface area (Å²) in [7, 11) is 1.64. The molecule has 0 unspecified atom stereocenters. The van der Waals surface area contributed by atoms with Gasteiger partial charge in [-0.15, -0.1) is 0 Å². The monoisotopic (exact) mass is 341 g/mol. The van der Waals surface area contributed by atoms with Crippen molar-refractivity contribution >= 4 is 17.5 Å². The number of amides is 1. The summed E-state index contributed by atoms with van der Waals surface area (Å²) in [5.74, 6) is 1.63. The van der Waals surface area contributed by atoms with Crippen LogP contribution in [-0.4, -0.2) is 50.8 Å². The Morgan fingerprint density at radius 3 is 2.78 bits per heavy atom. The Morgan fingerprint density at radius 2 is 2.09 bits per heavy atom. The number of hydrogen-bond donors (Lipinski definition) is 0. The van der Waals surface area contributed by atoms with Gasteiger partial charge in [-0.25, -0.2) is 0 Å². The van der Waals surface area contributed by atoms with Crippen LogP contribution >= 0.6 is 11.6 Å². The molecule has 2 rings (SSSR count). The quantitative estimate of drug-likeness (QED) is 0.765. The van der Waals surface area contributed by atoms with Gasteiger partial charge in [-0.3, -0.25) is 4.79 Å². The van der Waals surface area contributed by atoms with Crippen molar-refractivity contribution in [1.82, 2.24) is 4.90 Å². The largest absolute Gasteiger partial charge is 0.486 e. The van der Waals surface area contributed by atoms with E-state index in [1.165, 1.54) is 0 Å². The Morgan fingerprint density at radius 1 is 1.35 bits per heavy atom. The molecule has 1 aromatic rings. The first kappa shape index (κ1) is 17.9. The second-order valence-electron chi connectivity index (χ2n) is 6.01. The molecule has 5 nitrogen and oxygen atoms in total. The molecule has 1 amide bonds. The second kappa shape index (κ2) is 8.41. The van der Waals surface area contributed by atoms with Crippen LogP contribution in [0.1, 0.15) is 19.4 Å². The van der Waals surface area contributed by atoms with E-state index in [9.17, 15) is 4.79 Å². The van der Waals surface area contributed by atoms with Crippen LogP contribution in [0.2, 0.25) is 5.02 Å². The van der Waals surface area contributed by atoms with Crippen molar-refractivity contribution in [3.05, 3.63) is 22.7 Å². The number of halogens is 1. The number of carbonyl (C=O) groups excluding carboxylic acids is 1. The molecule has 0 saturated carbocycles. The number of benzene rings is 1. The third-order valence-corrected chi connectivity index (χ3v) is 3.80. The Bertz CT molecular complexity index is 548.